The fourth-order valence-electron chi connectivity index (χ4n) is 4.05. The highest BCUT2D eigenvalue weighted by Crippen LogP contribution is 2.39. The topological polar surface area (TPSA) is 69.0 Å². The Morgan fingerprint density at radius 3 is 2.53 bits per heavy atom. The van der Waals surface area contributed by atoms with Crippen molar-refractivity contribution in [3.8, 4) is 28.6 Å². The summed E-state index contributed by atoms with van der Waals surface area (Å²) in [7, 11) is 3.52. The van der Waals surface area contributed by atoms with Crippen molar-refractivity contribution < 1.29 is 19.3 Å². The summed E-state index contributed by atoms with van der Waals surface area (Å²) in [6, 6.07) is 18.1. The van der Waals surface area contributed by atoms with E-state index in [9.17, 15) is 5.11 Å². The van der Waals surface area contributed by atoms with E-state index in [0.717, 1.165) is 29.7 Å². The zero-order chi connectivity index (χ0) is 23.9. The molecule has 1 aromatic heterocycles. The number of ether oxygens (including phenoxy) is 3. The number of methoxy groups -OCH3 is 1. The van der Waals surface area contributed by atoms with Gasteiger partial charge in [0.15, 0.2) is 11.5 Å². The summed E-state index contributed by atoms with van der Waals surface area (Å²) in [6.45, 7) is 5.48. The van der Waals surface area contributed by atoms with Crippen LogP contribution in [0.4, 0.5) is 0 Å². The Bertz CT molecular complexity index is 1080. The molecule has 34 heavy (non-hydrogen) atoms. The van der Waals surface area contributed by atoms with E-state index in [1.165, 1.54) is 0 Å². The van der Waals surface area contributed by atoms with Crippen LogP contribution in [0.15, 0.2) is 67.3 Å². The predicted octanol–water partition coefficient (Wildman–Crippen LogP) is 4.42. The fraction of sp³-hybridized carbons (Fsp3) is 0.370. The van der Waals surface area contributed by atoms with Crippen LogP contribution in [0.2, 0.25) is 0 Å². The first-order chi connectivity index (χ1) is 16.6. The molecule has 4 rings (SSSR count). The van der Waals surface area contributed by atoms with Crippen LogP contribution < -0.4 is 9.47 Å². The molecule has 0 saturated heterocycles. The number of nitrogens with zero attached hydrogens (tertiary/aromatic N) is 3. The molecule has 1 N–H and O–H groups in total. The molecule has 3 aromatic rings. The molecule has 0 bridgehead atoms. The van der Waals surface area contributed by atoms with Crippen LogP contribution in [-0.2, 0) is 18.3 Å². The molecule has 0 amide bonds. The lowest BCUT2D eigenvalue weighted by atomic mass is 10.1. The highest BCUT2D eigenvalue weighted by Gasteiger charge is 2.33. The van der Waals surface area contributed by atoms with Crippen LogP contribution in [0.3, 0.4) is 0 Å². The maximum atomic E-state index is 10.6. The number of aliphatic hydroxyl groups is 1. The van der Waals surface area contributed by atoms with Gasteiger partial charge in [0.05, 0.1) is 32.0 Å². The highest BCUT2D eigenvalue weighted by molar-refractivity contribution is 5.66. The van der Waals surface area contributed by atoms with Gasteiger partial charge in [0.1, 0.15) is 5.69 Å². The van der Waals surface area contributed by atoms with E-state index in [0.29, 0.717) is 43.1 Å². The number of aliphatic hydroxyl groups excluding tert-OH is 1. The van der Waals surface area contributed by atoms with Gasteiger partial charge in [0.25, 0.3) is 0 Å². The molecule has 7 heteroatoms. The van der Waals surface area contributed by atoms with E-state index in [4.69, 9.17) is 19.3 Å². The average Bonchev–Trinajstić information content (AvgIpc) is 3.66. The summed E-state index contributed by atoms with van der Waals surface area (Å²) >= 11 is 0. The lowest BCUT2D eigenvalue weighted by Crippen LogP contribution is -2.36. The van der Waals surface area contributed by atoms with Gasteiger partial charge >= 0.3 is 0 Å². The van der Waals surface area contributed by atoms with Crippen LogP contribution in [0.25, 0.3) is 11.3 Å². The Morgan fingerprint density at radius 1 is 1.15 bits per heavy atom. The van der Waals surface area contributed by atoms with Crippen molar-refractivity contribution in [1.29, 1.82) is 0 Å². The van der Waals surface area contributed by atoms with Gasteiger partial charge < -0.3 is 19.3 Å². The summed E-state index contributed by atoms with van der Waals surface area (Å²) in [5, 5.41) is 15.4. The van der Waals surface area contributed by atoms with E-state index >= 15 is 0 Å². The van der Waals surface area contributed by atoms with Crippen molar-refractivity contribution in [3.63, 3.8) is 0 Å². The van der Waals surface area contributed by atoms with E-state index in [2.05, 4.69) is 23.6 Å². The van der Waals surface area contributed by atoms with E-state index < -0.39 is 6.10 Å². The normalized spacial score (nSPS) is 14.2. The lowest BCUT2D eigenvalue weighted by Gasteiger charge is -2.25. The largest absolute Gasteiger partial charge is 0.493 e. The predicted molar refractivity (Wildman–Crippen MR) is 132 cm³/mol. The second kappa shape index (κ2) is 11.3. The Kier molecular flexibility index (Phi) is 8.00. The van der Waals surface area contributed by atoms with Gasteiger partial charge in [-0.25, -0.2) is 4.68 Å². The maximum absolute atomic E-state index is 10.6. The van der Waals surface area contributed by atoms with Gasteiger partial charge in [0.2, 0.25) is 5.88 Å². The average molecular weight is 464 g/mol. The first-order valence-electron chi connectivity index (χ1n) is 11.6. The summed E-state index contributed by atoms with van der Waals surface area (Å²) in [6.07, 6.45) is 3.33. The quantitative estimate of drug-likeness (QED) is 0.299. The van der Waals surface area contributed by atoms with Crippen molar-refractivity contribution >= 4 is 0 Å². The molecule has 180 valence electrons. The summed E-state index contributed by atoms with van der Waals surface area (Å²) < 4.78 is 19.1. The van der Waals surface area contributed by atoms with Gasteiger partial charge in [-0.15, -0.1) is 6.58 Å². The van der Waals surface area contributed by atoms with Crippen LogP contribution in [0, 0.1) is 0 Å². The number of aryl methyl sites for hydroxylation is 1. The minimum absolute atomic E-state index is 0.276. The SMILES string of the molecule is C=CCOCC(O)CN(Cc1c(-c2ccccc2)nn(C)c1Oc1ccccc1OC)C1CC1. The molecule has 1 unspecified atom stereocenters. The van der Waals surface area contributed by atoms with Crippen molar-refractivity contribution in [3.05, 3.63) is 72.8 Å². The highest BCUT2D eigenvalue weighted by atomic mass is 16.5. The second-order valence-electron chi connectivity index (χ2n) is 8.52. The van der Waals surface area contributed by atoms with Crippen molar-refractivity contribution in [2.24, 2.45) is 7.05 Å². The number of para-hydroxylation sites is 2. The molecule has 7 nitrogen and oxygen atoms in total. The standard InChI is InChI=1S/C27H33N3O4/c1-4-16-33-19-22(31)17-30(21-14-15-21)18-23-26(20-10-6-5-7-11-20)28-29(2)27(23)34-25-13-9-8-12-24(25)32-3/h4-13,21-22,31H,1,14-19H2,2-3H3. The van der Waals surface area contributed by atoms with Crippen molar-refractivity contribution in [1.82, 2.24) is 14.7 Å². The van der Waals surface area contributed by atoms with Crippen LogP contribution in [0.5, 0.6) is 17.4 Å². The summed E-state index contributed by atoms with van der Waals surface area (Å²) in [4.78, 5) is 2.31. The number of rotatable bonds is 13. The third-order valence-electron chi connectivity index (χ3n) is 5.83. The maximum Gasteiger partial charge on any atom is 0.222 e. The molecular weight excluding hydrogens is 430 g/mol. The van der Waals surface area contributed by atoms with Crippen LogP contribution in [0.1, 0.15) is 18.4 Å². The first kappa shape index (κ1) is 24.0. The third kappa shape index (κ3) is 5.86. The summed E-state index contributed by atoms with van der Waals surface area (Å²) in [5.74, 6) is 1.95. The molecule has 1 aliphatic rings. The Labute approximate surface area is 201 Å². The van der Waals surface area contributed by atoms with Crippen LogP contribution >= 0.6 is 0 Å². The zero-order valence-electron chi connectivity index (χ0n) is 19.9. The minimum atomic E-state index is -0.587. The molecule has 1 atom stereocenters. The van der Waals surface area contributed by atoms with Gasteiger partial charge in [0, 0.05) is 31.7 Å². The van der Waals surface area contributed by atoms with E-state index in [-0.39, 0.29) is 6.61 Å². The molecule has 1 aliphatic carbocycles. The molecule has 2 aromatic carbocycles. The molecule has 0 spiro atoms. The minimum Gasteiger partial charge on any atom is -0.493 e. The molecule has 1 fully saturated rings. The number of hydrogen-bond acceptors (Lipinski definition) is 6. The molecular formula is C27H33N3O4. The molecule has 0 aliphatic heterocycles. The monoisotopic (exact) mass is 463 g/mol. The lowest BCUT2D eigenvalue weighted by molar-refractivity contribution is 0.0227. The van der Waals surface area contributed by atoms with Gasteiger partial charge in [-0.3, -0.25) is 4.90 Å². The first-order valence-corrected chi connectivity index (χ1v) is 11.6. The summed E-state index contributed by atoms with van der Waals surface area (Å²) in [5.41, 5.74) is 2.87. The van der Waals surface area contributed by atoms with Crippen molar-refractivity contribution in [2.45, 2.75) is 31.5 Å². The second-order valence-corrected chi connectivity index (χ2v) is 8.52. The van der Waals surface area contributed by atoms with E-state index in [1.807, 2.05) is 49.5 Å². The zero-order valence-corrected chi connectivity index (χ0v) is 19.9. The smallest absolute Gasteiger partial charge is 0.222 e. The molecule has 1 saturated carbocycles. The van der Waals surface area contributed by atoms with Gasteiger partial charge in [-0.1, -0.05) is 48.5 Å². The van der Waals surface area contributed by atoms with Crippen LogP contribution in [-0.4, -0.2) is 58.8 Å². The number of hydrogen-bond donors (Lipinski definition) is 1. The Balaban J connectivity index is 1.66. The van der Waals surface area contributed by atoms with E-state index in [1.54, 1.807) is 17.9 Å². The third-order valence-corrected chi connectivity index (χ3v) is 5.83. The fourth-order valence-corrected chi connectivity index (χ4v) is 4.05. The number of aromatic nitrogens is 2. The van der Waals surface area contributed by atoms with Gasteiger partial charge in [-0.2, -0.15) is 5.10 Å². The Hall–Kier alpha value is -3.13. The van der Waals surface area contributed by atoms with Gasteiger partial charge in [-0.05, 0) is 25.0 Å². The Morgan fingerprint density at radius 2 is 1.85 bits per heavy atom. The number of benzene rings is 2. The molecule has 1 heterocycles. The van der Waals surface area contributed by atoms with Crippen molar-refractivity contribution in [2.75, 3.05) is 26.9 Å². The molecule has 0 radical (unpaired) electrons.